The van der Waals surface area contributed by atoms with Crippen LogP contribution < -0.4 is 10.6 Å². The Morgan fingerprint density at radius 2 is 2.21 bits per heavy atom. The minimum absolute atomic E-state index is 0. The molecule has 0 saturated carbocycles. The van der Waals surface area contributed by atoms with Crippen molar-refractivity contribution in [3.63, 3.8) is 0 Å². The van der Waals surface area contributed by atoms with E-state index in [1.807, 2.05) is 7.05 Å². The molecule has 0 aliphatic carbocycles. The van der Waals surface area contributed by atoms with Crippen molar-refractivity contribution in [2.45, 2.75) is 6.10 Å². The molecule has 19 heavy (non-hydrogen) atoms. The Morgan fingerprint density at radius 3 is 2.79 bits per heavy atom. The van der Waals surface area contributed by atoms with Gasteiger partial charge in [-0.2, -0.15) is 0 Å². The van der Waals surface area contributed by atoms with Crippen molar-refractivity contribution in [2.75, 3.05) is 60.1 Å². The molecule has 1 atom stereocenters. The van der Waals surface area contributed by atoms with E-state index in [1.165, 1.54) is 0 Å². The first kappa shape index (κ1) is 21.2. The van der Waals surface area contributed by atoms with E-state index < -0.39 is 0 Å². The summed E-state index contributed by atoms with van der Waals surface area (Å²) in [6, 6.07) is 0. The first-order valence-electron chi connectivity index (χ1n) is 6.01. The number of nitrogens with zero attached hydrogens (tertiary/aromatic N) is 1. The lowest BCUT2D eigenvalue weighted by Gasteiger charge is -2.23. The average Bonchev–Trinajstić information content (AvgIpc) is 2.37. The summed E-state index contributed by atoms with van der Waals surface area (Å²) in [5.74, 6) is -0.0302. The van der Waals surface area contributed by atoms with Crippen LogP contribution >= 0.6 is 24.8 Å². The molecule has 0 radical (unpaired) electrons. The first-order chi connectivity index (χ1) is 8.24. The van der Waals surface area contributed by atoms with Gasteiger partial charge in [-0.25, -0.2) is 0 Å². The SMILES string of the molecule is COCCN(C)CCNC(=O)C1CNCCO1.Cl.Cl. The summed E-state index contributed by atoms with van der Waals surface area (Å²) in [7, 11) is 3.69. The number of nitrogens with one attached hydrogen (secondary N) is 2. The molecule has 1 rings (SSSR count). The van der Waals surface area contributed by atoms with Crippen molar-refractivity contribution < 1.29 is 14.3 Å². The fraction of sp³-hybridized carbons (Fsp3) is 0.909. The maximum absolute atomic E-state index is 11.7. The maximum Gasteiger partial charge on any atom is 0.250 e. The van der Waals surface area contributed by atoms with Gasteiger partial charge in [-0.3, -0.25) is 4.79 Å². The molecule has 1 aliphatic rings. The van der Waals surface area contributed by atoms with Crippen molar-refractivity contribution in [3.8, 4) is 0 Å². The number of likely N-dealkylation sites (N-methyl/N-ethyl adjacent to an activating group) is 1. The molecule has 6 nitrogen and oxygen atoms in total. The number of amides is 1. The zero-order chi connectivity index (χ0) is 12.5. The number of methoxy groups -OCH3 is 1. The standard InChI is InChI=1S/C11H23N3O3.2ClH/c1-14(6-8-16-2)5-3-13-11(15)10-9-12-4-7-17-10;;/h10,12H,3-9H2,1-2H3,(H,13,15);2*1H. The highest BCUT2D eigenvalue weighted by atomic mass is 35.5. The second kappa shape index (κ2) is 12.9. The zero-order valence-electron chi connectivity index (χ0n) is 11.5. The number of carbonyl (C=O) groups excluding carboxylic acids is 1. The van der Waals surface area contributed by atoms with Crippen molar-refractivity contribution in [1.29, 1.82) is 0 Å². The Kier molecular flexibility index (Phi) is 14.4. The van der Waals surface area contributed by atoms with Crippen molar-refractivity contribution in [2.24, 2.45) is 0 Å². The summed E-state index contributed by atoms with van der Waals surface area (Å²) >= 11 is 0. The molecule has 116 valence electrons. The number of rotatable bonds is 7. The summed E-state index contributed by atoms with van der Waals surface area (Å²) in [5, 5.41) is 6.00. The fourth-order valence-electron chi connectivity index (χ4n) is 1.58. The van der Waals surface area contributed by atoms with E-state index in [9.17, 15) is 4.79 Å². The van der Waals surface area contributed by atoms with Gasteiger partial charge < -0.3 is 25.0 Å². The van der Waals surface area contributed by atoms with Crippen molar-refractivity contribution in [3.05, 3.63) is 0 Å². The average molecular weight is 318 g/mol. The number of hydrogen-bond acceptors (Lipinski definition) is 5. The minimum Gasteiger partial charge on any atom is -0.383 e. The predicted octanol–water partition coefficient (Wildman–Crippen LogP) is -0.487. The highest BCUT2D eigenvalue weighted by Gasteiger charge is 2.20. The molecule has 8 heteroatoms. The Bertz CT molecular complexity index is 229. The maximum atomic E-state index is 11.7. The molecule has 1 amide bonds. The Labute approximate surface area is 127 Å². The van der Waals surface area contributed by atoms with Gasteiger partial charge in [0, 0.05) is 39.8 Å². The van der Waals surface area contributed by atoms with Crippen LogP contribution in [-0.4, -0.2) is 77.0 Å². The van der Waals surface area contributed by atoms with Gasteiger partial charge in [0.1, 0.15) is 6.10 Å². The van der Waals surface area contributed by atoms with Gasteiger partial charge in [-0.1, -0.05) is 0 Å². The van der Waals surface area contributed by atoms with E-state index in [0.29, 0.717) is 26.3 Å². The third-order valence-electron chi connectivity index (χ3n) is 2.69. The monoisotopic (exact) mass is 317 g/mol. The molecule has 0 bridgehead atoms. The van der Waals surface area contributed by atoms with Gasteiger partial charge in [0.2, 0.25) is 0 Å². The second-order valence-electron chi connectivity index (χ2n) is 4.15. The molecule has 1 fully saturated rings. The van der Waals surface area contributed by atoms with E-state index in [0.717, 1.165) is 19.6 Å². The third-order valence-corrected chi connectivity index (χ3v) is 2.69. The lowest BCUT2D eigenvalue weighted by atomic mass is 10.3. The Hall–Kier alpha value is -0.110. The smallest absolute Gasteiger partial charge is 0.250 e. The lowest BCUT2D eigenvalue weighted by molar-refractivity contribution is -0.134. The predicted molar refractivity (Wildman–Crippen MR) is 79.5 cm³/mol. The van der Waals surface area contributed by atoms with Gasteiger partial charge in [0.05, 0.1) is 13.2 Å². The van der Waals surface area contributed by atoms with Gasteiger partial charge in [-0.15, -0.1) is 24.8 Å². The number of morpholine rings is 1. The highest BCUT2D eigenvalue weighted by molar-refractivity contribution is 5.85. The molecular weight excluding hydrogens is 293 g/mol. The highest BCUT2D eigenvalue weighted by Crippen LogP contribution is 1.95. The molecule has 0 aromatic rings. The van der Waals surface area contributed by atoms with E-state index in [-0.39, 0.29) is 36.8 Å². The van der Waals surface area contributed by atoms with Crippen LogP contribution in [0.2, 0.25) is 0 Å². The Morgan fingerprint density at radius 1 is 1.47 bits per heavy atom. The molecular formula is C11H25Cl2N3O3. The lowest BCUT2D eigenvalue weighted by Crippen LogP contribution is -2.49. The molecule has 1 heterocycles. The van der Waals surface area contributed by atoms with Crippen molar-refractivity contribution >= 4 is 30.7 Å². The van der Waals surface area contributed by atoms with Gasteiger partial charge in [0.15, 0.2) is 0 Å². The summed E-state index contributed by atoms with van der Waals surface area (Å²) in [4.78, 5) is 13.8. The number of halogens is 2. The van der Waals surface area contributed by atoms with Gasteiger partial charge >= 0.3 is 0 Å². The minimum atomic E-state index is -0.340. The number of carbonyl (C=O) groups is 1. The van der Waals surface area contributed by atoms with Crippen LogP contribution in [0.5, 0.6) is 0 Å². The van der Waals surface area contributed by atoms with Crippen molar-refractivity contribution in [1.82, 2.24) is 15.5 Å². The van der Waals surface area contributed by atoms with Crippen LogP contribution in [0.15, 0.2) is 0 Å². The van der Waals surface area contributed by atoms with Crippen LogP contribution in [-0.2, 0) is 14.3 Å². The first-order valence-corrected chi connectivity index (χ1v) is 6.01. The summed E-state index contributed by atoms with van der Waals surface area (Å²) in [6.45, 7) is 5.06. The topological polar surface area (TPSA) is 62.8 Å². The van der Waals surface area contributed by atoms with E-state index in [1.54, 1.807) is 7.11 Å². The third kappa shape index (κ3) is 9.43. The normalized spacial score (nSPS) is 18.4. The summed E-state index contributed by atoms with van der Waals surface area (Å²) < 4.78 is 10.3. The van der Waals surface area contributed by atoms with E-state index in [2.05, 4.69) is 15.5 Å². The van der Waals surface area contributed by atoms with E-state index in [4.69, 9.17) is 9.47 Å². The summed E-state index contributed by atoms with van der Waals surface area (Å²) in [6.07, 6.45) is -0.340. The molecule has 1 saturated heterocycles. The van der Waals surface area contributed by atoms with Crippen LogP contribution in [0.25, 0.3) is 0 Å². The molecule has 0 spiro atoms. The van der Waals surface area contributed by atoms with Gasteiger partial charge in [0.25, 0.3) is 5.91 Å². The van der Waals surface area contributed by atoms with E-state index >= 15 is 0 Å². The quantitative estimate of drug-likeness (QED) is 0.663. The zero-order valence-corrected chi connectivity index (χ0v) is 13.1. The van der Waals surface area contributed by atoms with Crippen LogP contribution in [0.1, 0.15) is 0 Å². The van der Waals surface area contributed by atoms with Crippen LogP contribution in [0.4, 0.5) is 0 Å². The number of hydrogen-bond donors (Lipinski definition) is 2. The molecule has 2 N–H and O–H groups in total. The Balaban J connectivity index is 0. The second-order valence-corrected chi connectivity index (χ2v) is 4.15. The number of ether oxygens (including phenoxy) is 2. The van der Waals surface area contributed by atoms with Crippen LogP contribution in [0, 0.1) is 0 Å². The molecule has 1 unspecified atom stereocenters. The van der Waals surface area contributed by atoms with Crippen LogP contribution in [0.3, 0.4) is 0 Å². The summed E-state index contributed by atoms with van der Waals surface area (Å²) in [5.41, 5.74) is 0. The molecule has 0 aromatic carbocycles. The van der Waals surface area contributed by atoms with Gasteiger partial charge in [-0.05, 0) is 7.05 Å². The molecule has 1 aliphatic heterocycles. The largest absolute Gasteiger partial charge is 0.383 e. The molecule has 0 aromatic heterocycles. The fourth-order valence-corrected chi connectivity index (χ4v) is 1.58.